The number of aryl methyl sites for hydroxylation is 1. The molecular formula is C23H39IO8S. The van der Waals surface area contributed by atoms with Crippen LogP contribution in [-0.2, 0) is 38.0 Å². The molecule has 0 fully saturated rings. The Balaban J connectivity index is 1.79. The van der Waals surface area contributed by atoms with E-state index < -0.39 is 10.1 Å². The molecule has 192 valence electrons. The van der Waals surface area contributed by atoms with Crippen LogP contribution in [0, 0.1) is 6.92 Å². The molecule has 1 aromatic carbocycles. The monoisotopic (exact) mass is 602 g/mol. The predicted octanol–water partition coefficient (Wildman–Crippen LogP) is 3.78. The Morgan fingerprint density at radius 3 is 1.52 bits per heavy atom. The van der Waals surface area contributed by atoms with Crippen LogP contribution in [0.25, 0.3) is 0 Å². The first-order valence-corrected chi connectivity index (χ1v) is 14.4. The fraction of sp³-hybridized carbons (Fsp3) is 0.739. The number of ether oxygens (including phenoxy) is 5. The first-order valence-electron chi connectivity index (χ1n) is 11.5. The molecule has 0 aliphatic carbocycles. The lowest BCUT2D eigenvalue weighted by atomic mass is 10.2. The smallest absolute Gasteiger partial charge is 0.297 e. The standard InChI is InChI=1S/C23H39IO8S/c1-22-6-8-23(9-7-22)33(25,26)32-21-20-31-19-18-30-17-16-29-15-14-28-13-12-27-11-5-3-2-4-10-24/h6-9H,2-5,10-21H2,1H3. The van der Waals surface area contributed by atoms with Crippen LogP contribution in [0.4, 0.5) is 0 Å². The van der Waals surface area contributed by atoms with Gasteiger partial charge in [0.25, 0.3) is 10.1 Å². The van der Waals surface area contributed by atoms with Crippen molar-refractivity contribution < 1.29 is 36.3 Å². The van der Waals surface area contributed by atoms with Crippen molar-refractivity contribution in [3.05, 3.63) is 29.8 Å². The Hall–Kier alpha value is -0.340. The Labute approximate surface area is 212 Å². The van der Waals surface area contributed by atoms with Crippen LogP contribution in [0.15, 0.2) is 29.2 Å². The first-order chi connectivity index (χ1) is 16.1. The van der Waals surface area contributed by atoms with E-state index in [1.54, 1.807) is 12.1 Å². The zero-order chi connectivity index (χ0) is 24.0. The van der Waals surface area contributed by atoms with E-state index in [4.69, 9.17) is 27.9 Å². The lowest BCUT2D eigenvalue weighted by Gasteiger charge is -2.08. The number of rotatable bonds is 23. The summed E-state index contributed by atoms with van der Waals surface area (Å²) >= 11 is 2.41. The van der Waals surface area contributed by atoms with Gasteiger partial charge in [0.15, 0.2) is 0 Å². The maximum absolute atomic E-state index is 12.0. The summed E-state index contributed by atoms with van der Waals surface area (Å²) in [7, 11) is -3.75. The Kier molecular flexibility index (Phi) is 19.5. The van der Waals surface area contributed by atoms with E-state index in [1.165, 1.54) is 35.8 Å². The molecule has 1 rings (SSSR count). The topological polar surface area (TPSA) is 89.5 Å². The van der Waals surface area contributed by atoms with Gasteiger partial charge >= 0.3 is 0 Å². The molecule has 0 saturated carbocycles. The Morgan fingerprint density at radius 2 is 1.03 bits per heavy atom. The van der Waals surface area contributed by atoms with Crippen molar-refractivity contribution >= 4 is 32.7 Å². The minimum Gasteiger partial charge on any atom is -0.379 e. The fourth-order valence-corrected chi connectivity index (χ4v) is 4.04. The van der Waals surface area contributed by atoms with Gasteiger partial charge in [-0.1, -0.05) is 53.1 Å². The van der Waals surface area contributed by atoms with Gasteiger partial charge in [0, 0.05) is 6.61 Å². The van der Waals surface area contributed by atoms with Gasteiger partial charge in [0.2, 0.25) is 0 Å². The third-order valence-electron chi connectivity index (χ3n) is 4.44. The molecule has 10 heteroatoms. The van der Waals surface area contributed by atoms with Gasteiger partial charge in [-0.2, -0.15) is 8.42 Å². The first kappa shape index (κ1) is 30.7. The van der Waals surface area contributed by atoms with Crippen molar-refractivity contribution in [3.8, 4) is 0 Å². The third kappa shape index (κ3) is 17.7. The summed E-state index contributed by atoms with van der Waals surface area (Å²) in [5, 5.41) is 0. The highest BCUT2D eigenvalue weighted by Crippen LogP contribution is 2.12. The van der Waals surface area contributed by atoms with E-state index >= 15 is 0 Å². The molecule has 1 aromatic rings. The van der Waals surface area contributed by atoms with E-state index in [0.717, 1.165) is 18.6 Å². The maximum atomic E-state index is 12.0. The molecule has 0 radical (unpaired) electrons. The lowest BCUT2D eigenvalue weighted by molar-refractivity contribution is -0.0127. The van der Waals surface area contributed by atoms with Crippen LogP contribution in [0.1, 0.15) is 31.2 Å². The molecule has 8 nitrogen and oxygen atoms in total. The number of benzene rings is 1. The average molecular weight is 603 g/mol. The summed E-state index contributed by atoms with van der Waals surface area (Å²) < 4.78 is 57.3. The van der Waals surface area contributed by atoms with Gasteiger partial charge in [-0.15, -0.1) is 0 Å². The second-order valence-corrected chi connectivity index (χ2v) is 9.95. The summed E-state index contributed by atoms with van der Waals surface area (Å²) in [5.41, 5.74) is 0.986. The van der Waals surface area contributed by atoms with Crippen molar-refractivity contribution in [2.24, 2.45) is 0 Å². The van der Waals surface area contributed by atoms with Crippen LogP contribution in [-0.4, -0.2) is 85.5 Å². The summed E-state index contributed by atoms with van der Waals surface area (Å²) in [5.74, 6) is 0. The van der Waals surface area contributed by atoms with E-state index in [0.29, 0.717) is 52.9 Å². The van der Waals surface area contributed by atoms with Crippen molar-refractivity contribution in [1.82, 2.24) is 0 Å². The highest BCUT2D eigenvalue weighted by atomic mass is 127. The van der Waals surface area contributed by atoms with Crippen LogP contribution in [0.2, 0.25) is 0 Å². The van der Waals surface area contributed by atoms with Crippen molar-refractivity contribution in [2.75, 3.05) is 77.1 Å². The van der Waals surface area contributed by atoms with Crippen molar-refractivity contribution in [3.63, 3.8) is 0 Å². The van der Waals surface area contributed by atoms with Gasteiger partial charge in [0.05, 0.1) is 71.0 Å². The summed E-state index contributed by atoms with van der Waals surface area (Å²) in [6.45, 7) is 6.79. The largest absolute Gasteiger partial charge is 0.379 e. The minimum absolute atomic E-state index is 0.0386. The molecule has 0 aromatic heterocycles. The second kappa shape index (κ2) is 21.0. The van der Waals surface area contributed by atoms with Gasteiger partial charge in [-0.25, -0.2) is 0 Å². The third-order valence-corrected chi connectivity index (χ3v) is 6.53. The summed E-state index contributed by atoms with van der Waals surface area (Å²) in [4.78, 5) is 0.142. The quantitative estimate of drug-likeness (QED) is 0.0810. The van der Waals surface area contributed by atoms with E-state index in [9.17, 15) is 8.42 Å². The molecule has 0 bridgehead atoms. The summed E-state index contributed by atoms with van der Waals surface area (Å²) in [6, 6.07) is 6.51. The Morgan fingerprint density at radius 1 is 0.606 bits per heavy atom. The molecule has 0 saturated heterocycles. The number of alkyl halides is 1. The summed E-state index contributed by atoms with van der Waals surface area (Å²) in [6.07, 6.45) is 4.93. The zero-order valence-corrected chi connectivity index (χ0v) is 22.6. The predicted molar refractivity (Wildman–Crippen MR) is 136 cm³/mol. The molecular weight excluding hydrogens is 563 g/mol. The van der Waals surface area contributed by atoms with Crippen LogP contribution < -0.4 is 0 Å². The molecule has 0 unspecified atom stereocenters. The molecule has 0 heterocycles. The fourth-order valence-electron chi connectivity index (χ4n) is 2.61. The van der Waals surface area contributed by atoms with Gasteiger partial charge in [-0.3, -0.25) is 4.18 Å². The zero-order valence-electron chi connectivity index (χ0n) is 19.7. The van der Waals surface area contributed by atoms with Crippen molar-refractivity contribution in [2.45, 2.75) is 37.5 Å². The van der Waals surface area contributed by atoms with E-state index in [2.05, 4.69) is 22.6 Å². The van der Waals surface area contributed by atoms with Crippen LogP contribution >= 0.6 is 22.6 Å². The average Bonchev–Trinajstić information content (AvgIpc) is 2.80. The second-order valence-electron chi connectivity index (χ2n) is 7.25. The van der Waals surface area contributed by atoms with E-state index in [1.807, 2.05) is 6.92 Å². The molecule has 0 aliphatic heterocycles. The highest BCUT2D eigenvalue weighted by Gasteiger charge is 2.14. The van der Waals surface area contributed by atoms with Crippen LogP contribution in [0.3, 0.4) is 0 Å². The number of halogens is 1. The van der Waals surface area contributed by atoms with Gasteiger partial charge in [0.1, 0.15) is 0 Å². The molecule has 0 aliphatic rings. The van der Waals surface area contributed by atoms with E-state index in [-0.39, 0.29) is 18.1 Å². The number of hydrogen-bond acceptors (Lipinski definition) is 8. The van der Waals surface area contributed by atoms with Crippen LogP contribution in [0.5, 0.6) is 0 Å². The molecule has 0 N–H and O–H groups in total. The lowest BCUT2D eigenvalue weighted by Crippen LogP contribution is -2.15. The highest BCUT2D eigenvalue weighted by molar-refractivity contribution is 14.1. The SMILES string of the molecule is Cc1ccc(S(=O)(=O)OCCOCCOCCOCCOCCOCCCCCCI)cc1. The number of hydrogen-bond donors (Lipinski definition) is 0. The normalized spacial score (nSPS) is 11.8. The van der Waals surface area contributed by atoms with Crippen molar-refractivity contribution in [1.29, 1.82) is 0 Å². The molecule has 0 amide bonds. The molecule has 0 atom stereocenters. The molecule has 0 spiro atoms. The maximum Gasteiger partial charge on any atom is 0.297 e. The Bertz CT molecular complexity index is 670. The van der Waals surface area contributed by atoms with Gasteiger partial charge in [-0.05, 0) is 36.3 Å². The van der Waals surface area contributed by atoms with Gasteiger partial charge < -0.3 is 23.7 Å². The number of unbranched alkanes of at least 4 members (excludes halogenated alkanes) is 3. The molecule has 33 heavy (non-hydrogen) atoms. The minimum atomic E-state index is -3.75.